The molecule has 0 bridgehead atoms. The van der Waals surface area contributed by atoms with E-state index in [1.807, 2.05) is 35.0 Å². The molecule has 5 nitrogen and oxygen atoms in total. The maximum Gasteiger partial charge on any atom is 0.251 e. The molecule has 0 radical (unpaired) electrons. The summed E-state index contributed by atoms with van der Waals surface area (Å²) in [7, 11) is 0. The first-order valence-electron chi connectivity index (χ1n) is 6.81. The summed E-state index contributed by atoms with van der Waals surface area (Å²) >= 11 is 0. The van der Waals surface area contributed by atoms with Crippen LogP contribution in [0.25, 0.3) is 5.69 Å². The van der Waals surface area contributed by atoms with Crippen molar-refractivity contribution < 1.29 is 9.53 Å². The standard InChI is InChI=1S/C15H17N3O2/c19-15(17-10-14-2-1-9-20-14)12-3-5-13(6-4-12)18-8-7-16-11-18/h3-8,11,14H,1-2,9-10H2,(H,17,19)/t14-/m0/s1. The topological polar surface area (TPSA) is 56.1 Å². The van der Waals surface area contributed by atoms with Crippen LogP contribution in [0.5, 0.6) is 0 Å². The van der Waals surface area contributed by atoms with Crippen LogP contribution in [0, 0.1) is 0 Å². The van der Waals surface area contributed by atoms with Gasteiger partial charge in [-0.2, -0.15) is 0 Å². The predicted octanol–water partition coefficient (Wildman–Crippen LogP) is 1.78. The summed E-state index contributed by atoms with van der Waals surface area (Å²) in [5.74, 6) is -0.0577. The molecule has 1 amide bonds. The molecule has 0 spiro atoms. The zero-order valence-corrected chi connectivity index (χ0v) is 11.2. The second kappa shape index (κ2) is 5.88. The van der Waals surface area contributed by atoms with E-state index in [1.54, 1.807) is 12.5 Å². The minimum atomic E-state index is -0.0577. The minimum Gasteiger partial charge on any atom is -0.376 e. The molecular weight excluding hydrogens is 254 g/mol. The zero-order valence-electron chi connectivity index (χ0n) is 11.2. The van der Waals surface area contributed by atoms with Crippen LogP contribution >= 0.6 is 0 Å². The summed E-state index contributed by atoms with van der Waals surface area (Å²) < 4.78 is 7.38. The molecular formula is C15H17N3O2. The molecule has 2 aromatic rings. The molecule has 0 unspecified atom stereocenters. The number of aromatic nitrogens is 2. The maximum atomic E-state index is 12.0. The molecule has 1 saturated heterocycles. The van der Waals surface area contributed by atoms with E-state index in [0.29, 0.717) is 12.1 Å². The summed E-state index contributed by atoms with van der Waals surface area (Å²) in [6, 6.07) is 7.45. The van der Waals surface area contributed by atoms with Crippen LogP contribution in [0.1, 0.15) is 23.2 Å². The second-order valence-electron chi connectivity index (χ2n) is 4.86. The zero-order chi connectivity index (χ0) is 13.8. The smallest absolute Gasteiger partial charge is 0.251 e. The van der Waals surface area contributed by atoms with Gasteiger partial charge in [0.05, 0.1) is 12.4 Å². The van der Waals surface area contributed by atoms with Crippen molar-refractivity contribution in [2.45, 2.75) is 18.9 Å². The number of carbonyl (C=O) groups is 1. The van der Waals surface area contributed by atoms with Crippen LogP contribution in [-0.2, 0) is 4.74 Å². The quantitative estimate of drug-likeness (QED) is 0.922. The first-order chi connectivity index (χ1) is 9.83. The second-order valence-corrected chi connectivity index (χ2v) is 4.86. The summed E-state index contributed by atoms with van der Waals surface area (Å²) in [5, 5.41) is 2.91. The van der Waals surface area contributed by atoms with Gasteiger partial charge in [0.25, 0.3) is 5.91 Å². The molecule has 3 rings (SSSR count). The molecule has 2 heterocycles. The van der Waals surface area contributed by atoms with Gasteiger partial charge in [-0.05, 0) is 37.1 Å². The van der Waals surface area contributed by atoms with Gasteiger partial charge in [-0.1, -0.05) is 0 Å². The Morgan fingerprint density at radius 3 is 2.90 bits per heavy atom. The van der Waals surface area contributed by atoms with Crippen molar-refractivity contribution in [2.24, 2.45) is 0 Å². The van der Waals surface area contributed by atoms with E-state index in [4.69, 9.17) is 4.74 Å². The molecule has 104 valence electrons. The molecule has 1 fully saturated rings. The van der Waals surface area contributed by atoms with Crippen LogP contribution in [0.15, 0.2) is 43.0 Å². The van der Waals surface area contributed by atoms with Crippen LogP contribution in [0.3, 0.4) is 0 Å². The van der Waals surface area contributed by atoms with Crippen molar-refractivity contribution in [3.8, 4) is 5.69 Å². The van der Waals surface area contributed by atoms with Crippen molar-refractivity contribution in [2.75, 3.05) is 13.2 Å². The third kappa shape index (κ3) is 2.88. The average molecular weight is 271 g/mol. The fraction of sp³-hybridized carbons (Fsp3) is 0.333. The Kier molecular flexibility index (Phi) is 3.78. The highest BCUT2D eigenvalue weighted by molar-refractivity contribution is 5.94. The number of benzene rings is 1. The molecule has 1 aliphatic heterocycles. The summed E-state index contributed by atoms with van der Waals surface area (Å²) in [6.45, 7) is 1.39. The number of hydrogen-bond acceptors (Lipinski definition) is 3. The van der Waals surface area contributed by atoms with E-state index in [0.717, 1.165) is 25.1 Å². The Morgan fingerprint density at radius 2 is 2.25 bits per heavy atom. The number of nitrogens with one attached hydrogen (secondary N) is 1. The van der Waals surface area contributed by atoms with E-state index in [-0.39, 0.29) is 12.0 Å². The molecule has 1 atom stereocenters. The Hall–Kier alpha value is -2.14. The van der Waals surface area contributed by atoms with E-state index < -0.39 is 0 Å². The van der Waals surface area contributed by atoms with Crippen molar-refractivity contribution in [1.29, 1.82) is 0 Å². The van der Waals surface area contributed by atoms with Crippen LogP contribution in [-0.4, -0.2) is 34.7 Å². The Morgan fingerprint density at radius 1 is 1.40 bits per heavy atom. The fourth-order valence-corrected chi connectivity index (χ4v) is 2.31. The third-order valence-electron chi connectivity index (χ3n) is 3.45. The minimum absolute atomic E-state index is 0.0577. The maximum absolute atomic E-state index is 12.0. The Labute approximate surface area is 117 Å². The van der Waals surface area contributed by atoms with E-state index in [1.165, 1.54) is 0 Å². The van der Waals surface area contributed by atoms with Gasteiger partial charge < -0.3 is 14.6 Å². The third-order valence-corrected chi connectivity index (χ3v) is 3.45. The van der Waals surface area contributed by atoms with Gasteiger partial charge in [-0.25, -0.2) is 4.98 Å². The lowest BCUT2D eigenvalue weighted by atomic mass is 10.2. The van der Waals surface area contributed by atoms with Gasteiger partial charge in [0.2, 0.25) is 0 Å². The lowest BCUT2D eigenvalue weighted by Gasteiger charge is -2.11. The van der Waals surface area contributed by atoms with Gasteiger partial charge >= 0.3 is 0 Å². The van der Waals surface area contributed by atoms with E-state index in [9.17, 15) is 4.79 Å². The average Bonchev–Trinajstić information content (AvgIpc) is 3.18. The highest BCUT2D eigenvalue weighted by Crippen LogP contribution is 2.12. The number of hydrogen-bond donors (Lipinski definition) is 1. The summed E-state index contributed by atoms with van der Waals surface area (Å²) in [6.07, 6.45) is 7.60. The number of ether oxygens (including phenoxy) is 1. The van der Waals surface area contributed by atoms with Crippen LogP contribution < -0.4 is 5.32 Å². The molecule has 1 aliphatic rings. The molecule has 0 saturated carbocycles. The number of nitrogens with zero attached hydrogens (tertiary/aromatic N) is 2. The van der Waals surface area contributed by atoms with Gasteiger partial charge in [0.1, 0.15) is 0 Å². The van der Waals surface area contributed by atoms with Gasteiger partial charge in [-0.15, -0.1) is 0 Å². The van der Waals surface area contributed by atoms with Gasteiger partial charge in [0.15, 0.2) is 0 Å². The highest BCUT2D eigenvalue weighted by Gasteiger charge is 2.16. The van der Waals surface area contributed by atoms with Crippen molar-refractivity contribution in [1.82, 2.24) is 14.9 Å². The molecule has 1 N–H and O–H groups in total. The highest BCUT2D eigenvalue weighted by atomic mass is 16.5. The first-order valence-corrected chi connectivity index (χ1v) is 6.81. The molecule has 20 heavy (non-hydrogen) atoms. The van der Waals surface area contributed by atoms with E-state index in [2.05, 4.69) is 10.3 Å². The first kappa shape index (κ1) is 12.9. The van der Waals surface area contributed by atoms with Crippen molar-refractivity contribution in [3.63, 3.8) is 0 Å². The largest absolute Gasteiger partial charge is 0.376 e. The number of carbonyl (C=O) groups excluding carboxylic acids is 1. The number of rotatable bonds is 4. The van der Waals surface area contributed by atoms with Crippen LogP contribution in [0.4, 0.5) is 0 Å². The van der Waals surface area contributed by atoms with Gasteiger partial charge in [0, 0.05) is 36.8 Å². The van der Waals surface area contributed by atoms with E-state index >= 15 is 0 Å². The number of amides is 1. The van der Waals surface area contributed by atoms with Crippen LogP contribution in [0.2, 0.25) is 0 Å². The molecule has 0 aliphatic carbocycles. The van der Waals surface area contributed by atoms with Crippen molar-refractivity contribution >= 4 is 5.91 Å². The lowest BCUT2D eigenvalue weighted by molar-refractivity contribution is 0.0858. The monoisotopic (exact) mass is 271 g/mol. The predicted molar refractivity (Wildman–Crippen MR) is 74.9 cm³/mol. The Bertz CT molecular complexity index is 557. The lowest BCUT2D eigenvalue weighted by Crippen LogP contribution is -2.31. The SMILES string of the molecule is O=C(NC[C@@H]1CCCO1)c1ccc(-n2ccnc2)cc1. The fourth-order valence-electron chi connectivity index (χ4n) is 2.31. The summed E-state index contributed by atoms with van der Waals surface area (Å²) in [5.41, 5.74) is 1.64. The number of imidazole rings is 1. The normalized spacial score (nSPS) is 18.1. The van der Waals surface area contributed by atoms with Gasteiger partial charge in [-0.3, -0.25) is 4.79 Å². The van der Waals surface area contributed by atoms with Crippen molar-refractivity contribution in [3.05, 3.63) is 48.5 Å². The molecule has 1 aromatic heterocycles. The summed E-state index contributed by atoms with van der Waals surface area (Å²) in [4.78, 5) is 16.0. The molecule has 5 heteroatoms. The Balaban J connectivity index is 1.60. The molecule has 1 aromatic carbocycles.